The summed E-state index contributed by atoms with van der Waals surface area (Å²) in [4.78, 5) is 11.0. The van der Waals surface area contributed by atoms with E-state index in [9.17, 15) is 0 Å². The quantitative estimate of drug-likeness (QED) is 0.854. The zero-order chi connectivity index (χ0) is 12.3. The fourth-order valence-electron chi connectivity index (χ4n) is 2.10. The van der Waals surface area contributed by atoms with E-state index >= 15 is 0 Å². The average molecular weight is 234 g/mol. The smallest absolute Gasteiger partial charge is 0.134 e. The summed E-state index contributed by atoms with van der Waals surface area (Å²) < 4.78 is 0. The van der Waals surface area contributed by atoms with Crippen LogP contribution in [0.25, 0.3) is 0 Å². The second kappa shape index (κ2) is 4.90. The minimum absolute atomic E-state index is 0.0352. The summed E-state index contributed by atoms with van der Waals surface area (Å²) in [6.45, 7) is 8.64. The molecule has 94 valence electrons. The highest BCUT2D eigenvalue weighted by Crippen LogP contribution is 2.20. The monoisotopic (exact) mass is 234 g/mol. The summed E-state index contributed by atoms with van der Waals surface area (Å²) >= 11 is 0. The molecule has 17 heavy (non-hydrogen) atoms. The Balaban J connectivity index is 2.10. The van der Waals surface area contributed by atoms with Crippen molar-refractivity contribution in [3.63, 3.8) is 0 Å². The third-order valence-corrected chi connectivity index (χ3v) is 2.84. The highest BCUT2D eigenvalue weighted by Gasteiger charge is 2.14. The predicted molar refractivity (Wildman–Crippen MR) is 71.5 cm³/mol. The fraction of sp³-hybridized carbons (Fsp3) is 0.692. The van der Waals surface area contributed by atoms with E-state index in [1.165, 1.54) is 19.3 Å². The Morgan fingerprint density at radius 2 is 1.82 bits per heavy atom. The number of hydrogen-bond acceptors (Lipinski definition) is 4. The van der Waals surface area contributed by atoms with Crippen LogP contribution in [-0.2, 0) is 0 Å². The first kappa shape index (κ1) is 12.1. The van der Waals surface area contributed by atoms with Crippen LogP contribution in [0.4, 0.5) is 11.6 Å². The van der Waals surface area contributed by atoms with Gasteiger partial charge in [0.05, 0.1) is 0 Å². The van der Waals surface area contributed by atoms with E-state index in [-0.39, 0.29) is 5.54 Å². The van der Waals surface area contributed by atoms with Gasteiger partial charge in [-0.25, -0.2) is 9.97 Å². The van der Waals surface area contributed by atoms with Gasteiger partial charge in [-0.1, -0.05) is 0 Å². The zero-order valence-electron chi connectivity index (χ0n) is 11.0. The topological polar surface area (TPSA) is 41.0 Å². The number of aromatic nitrogens is 2. The molecule has 0 aromatic carbocycles. The lowest BCUT2D eigenvalue weighted by Crippen LogP contribution is -2.31. The second-order valence-corrected chi connectivity index (χ2v) is 5.68. The van der Waals surface area contributed by atoms with E-state index in [0.29, 0.717) is 0 Å². The van der Waals surface area contributed by atoms with Crippen LogP contribution >= 0.6 is 0 Å². The first-order valence-electron chi connectivity index (χ1n) is 6.40. The van der Waals surface area contributed by atoms with Gasteiger partial charge in [0.1, 0.15) is 18.0 Å². The Kier molecular flexibility index (Phi) is 3.50. The molecular weight excluding hydrogens is 212 g/mol. The molecule has 0 unspecified atom stereocenters. The fourth-order valence-corrected chi connectivity index (χ4v) is 2.10. The lowest BCUT2D eigenvalue weighted by Gasteiger charge is -2.28. The SMILES string of the molecule is CC(C)(C)Nc1cc(N2CCCCC2)ncn1. The highest BCUT2D eigenvalue weighted by atomic mass is 15.2. The number of nitrogens with one attached hydrogen (secondary N) is 1. The predicted octanol–water partition coefficient (Wildman–Crippen LogP) is 2.68. The minimum Gasteiger partial charge on any atom is -0.365 e. The van der Waals surface area contributed by atoms with Gasteiger partial charge in [-0.15, -0.1) is 0 Å². The first-order valence-corrected chi connectivity index (χ1v) is 6.40. The molecule has 1 fully saturated rings. The van der Waals surface area contributed by atoms with E-state index in [4.69, 9.17) is 0 Å². The van der Waals surface area contributed by atoms with Crippen LogP contribution in [0.2, 0.25) is 0 Å². The molecule has 1 aromatic rings. The summed E-state index contributed by atoms with van der Waals surface area (Å²) in [6.07, 6.45) is 5.53. The molecule has 0 aliphatic carbocycles. The van der Waals surface area contributed by atoms with Crippen molar-refractivity contribution in [1.29, 1.82) is 0 Å². The van der Waals surface area contributed by atoms with Crippen molar-refractivity contribution >= 4 is 11.6 Å². The molecule has 1 saturated heterocycles. The van der Waals surface area contributed by atoms with Crippen LogP contribution in [0.1, 0.15) is 40.0 Å². The van der Waals surface area contributed by atoms with Crippen LogP contribution in [0.15, 0.2) is 12.4 Å². The van der Waals surface area contributed by atoms with Crippen molar-refractivity contribution in [3.8, 4) is 0 Å². The number of hydrogen-bond donors (Lipinski definition) is 1. The van der Waals surface area contributed by atoms with Gasteiger partial charge < -0.3 is 10.2 Å². The normalized spacial score (nSPS) is 17.0. The number of piperidine rings is 1. The molecule has 1 aliphatic rings. The van der Waals surface area contributed by atoms with Crippen molar-refractivity contribution in [2.24, 2.45) is 0 Å². The van der Waals surface area contributed by atoms with Gasteiger partial charge >= 0.3 is 0 Å². The van der Waals surface area contributed by atoms with Gasteiger partial charge in [0.25, 0.3) is 0 Å². The average Bonchev–Trinajstić information content (AvgIpc) is 2.28. The van der Waals surface area contributed by atoms with E-state index in [0.717, 1.165) is 24.7 Å². The molecule has 0 amide bonds. The van der Waals surface area contributed by atoms with E-state index < -0.39 is 0 Å². The van der Waals surface area contributed by atoms with Crippen LogP contribution in [0.3, 0.4) is 0 Å². The van der Waals surface area contributed by atoms with E-state index in [2.05, 4.69) is 47.0 Å². The summed E-state index contributed by atoms with van der Waals surface area (Å²) in [5, 5.41) is 3.38. The largest absolute Gasteiger partial charge is 0.365 e. The molecule has 4 nitrogen and oxygen atoms in total. The number of anilines is 2. The van der Waals surface area contributed by atoms with Gasteiger partial charge in [-0.05, 0) is 40.0 Å². The lowest BCUT2D eigenvalue weighted by atomic mass is 10.1. The molecule has 4 heteroatoms. The van der Waals surface area contributed by atoms with Gasteiger partial charge in [0.15, 0.2) is 0 Å². The van der Waals surface area contributed by atoms with Crippen molar-refractivity contribution < 1.29 is 0 Å². The molecule has 1 N–H and O–H groups in total. The first-order chi connectivity index (χ1) is 8.04. The maximum atomic E-state index is 4.37. The maximum absolute atomic E-state index is 4.37. The third kappa shape index (κ3) is 3.58. The molecular formula is C13H22N4. The molecule has 1 aromatic heterocycles. The van der Waals surface area contributed by atoms with Gasteiger partial charge in [0.2, 0.25) is 0 Å². The molecule has 0 saturated carbocycles. The molecule has 0 radical (unpaired) electrons. The zero-order valence-corrected chi connectivity index (χ0v) is 11.0. The van der Waals surface area contributed by atoms with E-state index in [1.807, 2.05) is 0 Å². The lowest BCUT2D eigenvalue weighted by molar-refractivity contribution is 0.572. The molecule has 2 heterocycles. The van der Waals surface area contributed by atoms with E-state index in [1.54, 1.807) is 6.33 Å². The second-order valence-electron chi connectivity index (χ2n) is 5.68. The van der Waals surface area contributed by atoms with Gasteiger partial charge in [0, 0.05) is 24.7 Å². The number of rotatable bonds is 2. The summed E-state index contributed by atoms with van der Waals surface area (Å²) in [6, 6.07) is 2.05. The molecule has 0 atom stereocenters. The third-order valence-electron chi connectivity index (χ3n) is 2.84. The molecule has 0 spiro atoms. The minimum atomic E-state index is 0.0352. The van der Waals surface area contributed by atoms with Crippen molar-refractivity contribution in [1.82, 2.24) is 9.97 Å². The number of nitrogens with zero attached hydrogens (tertiary/aromatic N) is 3. The molecule has 0 bridgehead atoms. The highest BCUT2D eigenvalue weighted by molar-refractivity contribution is 5.49. The van der Waals surface area contributed by atoms with Crippen LogP contribution in [0, 0.1) is 0 Å². The Labute approximate surface area is 103 Å². The van der Waals surface area contributed by atoms with Crippen LogP contribution in [0.5, 0.6) is 0 Å². The Hall–Kier alpha value is -1.32. The summed E-state index contributed by atoms with van der Waals surface area (Å²) in [5.41, 5.74) is 0.0352. The standard InChI is InChI=1S/C13H22N4/c1-13(2,3)16-11-9-12(15-10-14-11)17-7-5-4-6-8-17/h9-10H,4-8H2,1-3H3,(H,14,15,16). The molecule has 1 aliphatic heterocycles. The van der Waals surface area contributed by atoms with Crippen molar-refractivity contribution in [2.75, 3.05) is 23.3 Å². The van der Waals surface area contributed by atoms with Gasteiger partial charge in [-0.3, -0.25) is 0 Å². The van der Waals surface area contributed by atoms with Crippen LogP contribution in [-0.4, -0.2) is 28.6 Å². The molecule has 2 rings (SSSR count). The Morgan fingerprint density at radius 1 is 1.12 bits per heavy atom. The van der Waals surface area contributed by atoms with Gasteiger partial charge in [-0.2, -0.15) is 0 Å². The Morgan fingerprint density at radius 3 is 2.47 bits per heavy atom. The Bertz CT molecular complexity index is 364. The summed E-state index contributed by atoms with van der Waals surface area (Å²) in [5.74, 6) is 1.96. The van der Waals surface area contributed by atoms with Crippen molar-refractivity contribution in [3.05, 3.63) is 12.4 Å². The maximum Gasteiger partial charge on any atom is 0.134 e. The van der Waals surface area contributed by atoms with Crippen LogP contribution < -0.4 is 10.2 Å². The summed E-state index contributed by atoms with van der Waals surface area (Å²) in [7, 11) is 0. The van der Waals surface area contributed by atoms with Crippen molar-refractivity contribution in [2.45, 2.75) is 45.6 Å².